The Labute approximate surface area is 135 Å². The maximum absolute atomic E-state index is 11.9. The fraction of sp³-hybridized carbons (Fsp3) is 0.118. The number of hydrogen-bond acceptors (Lipinski definition) is 4. The smallest absolute Gasteiger partial charge is 0.336 e. The first kappa shape index (κ1) is 14.7. The van der Waals surface area contributed by atoms with Crippen LogP contribution < -0.4 is 15.1 Å². The number of fused-ring (bicyclic) bond motifs is 1. The predicted octanol–water partition coefficient (Wildman–Crippen LogP) is 4.24. The van der Waals surface area contributed by atoms with Gasteiger partial charge in [0.2, 0.25) is 0 Å². The average molecular weight is 361 g/mol. The molecule has 2 aromatic carbocycles. The largest absolute Gasteiger partial charge is 0.496 e. The van der Waals surface area contributed by atoms with Crippen molar-refractivity contribution in [3.8, 4) is 22.6 Å². The Morgan fingerprint density at radius 1 is 1.00 bits per heavy atom. The third kappa shape index (κ3) is 2.60. The summed E-state index contributed by atoms with van der Waals surface area (Å²) in [5.74, 6) is 1.16. The zero-order valence-electron chi connectivity index (χ0n) is 12.1. The summed E-state index contributed by atoms with van der Waals surface area (Å²) in [6, 6.07) is 12.6. The van der Waals surface area contributed by atoms with Crippen molar-refractivity contribution < 1.29 is 13.9 Å². The predicted molar refractivity (Wildman–Crippen MR) is 88.7 cm³/mol. The molecule has 5 heteroatoms. The van der Waals surface area contributed by atoms with E-state index >= 15 is 0 Å². The number of ether oxygens (including phenoxy) is 2. The topological polar surface area (TPSA) is 48.7 Å². The van der Waals surface area contributed by atoms with Gasteiger partial charge in [0.15, 0.2) is 0 Å². The Bertz CT molecular complexity index is 882. The summed E-state index contributed by atoms with van der Waals surface area (Å²) in [5, 5.41) is 0.741. The Morgan fingerprint density at radius 2 is 1.73 bits per heavy atom. The molecule has 3 rings (SSSR count). The number of hydrogen-bond donors (Lipinski definition) is 0. The van der Waals surface area contributed by atoms with Crippen LogP contribution in [-0.2, 0) is 0 Å². The summed E-state index contributed by atoms with van der Waals surface area (Å²) in [5.41, 5.74) is 1.69. The molecule has 0 aliphatic rings. The second-order valence-corrected chi connectivity index (χ2v) is 5.60. The maximum atomic E-state index is 11.9. The van der Waals surface area contributed by atoms with Crippen LogP contribution in [0.2, 0.25) is 0 Å². The van der Waals surface area contributed by atoms with Crippen LogP contribution in [0.5, 0.6) is 11.5 Å². The second kappa shape index (κ2) is 5.85. The molecule has 0 amide bonds. The zero-order valence-corrected chi connectivity index (χ0v) is 13.6. The molecule has 0 radical (unpaired) electrons. The lowest BCUT2D eigenvalue weighted by Gasteiger charge is -2.11. The highest BCUT2D eigenvalue weighted by Gasteiger charge is 2.14. The summed E-state index contributed by atoms with van der Waals surface area (Å²) >= 11 is 3.41. The standard InChI is InChI=1S/C17H13BrO4/c1-20-12-7-14(21-2)17-13(9-16(19)22-15(17)8-12)10-3-5-11(18)6-4-10/h3-9H,1-2H3. The van der Waals surface area contributed by atoms with Crippen molar-refractivity contribution in [1.82, 2.24) is 0 Å². The van der Waals surface area contributed by atoms with Crippen molar-refractivity contribution in [2.45, 2.75) is 0 Å². The summed E-state index contributed by atoms with van der Waals surface area (Å²) in [7, 11) is 3.13. The van der Waals surface area contributed by atoms with Gasteiger partial charge in [0.25, 0.3) is 0 Å². The van der Waals surface area contributed by atoms with E-state index in [0.29, 0.717) is 17.1 Å². The first-order chi connectivity index (χ1) is 10.6. The fourth-order valence-corrected chi connectivity index (χ4v) is 2.64. The molecular weight excluding hydrogens is 348 g/mol. The lowest BCUT2D eigenvalue weighted by molar-refractivity contribution is 0.396. The van der Waals surface area contributed by atoms with Crippen LogP contribution in [0.4, 0.5) is 0 Å². The second-order valence-electron chi connectivity index (χ2n) is 4.69. The summed E-state index contributed by atoms with van der Waals surface area (Å²) in [4.78, 5) is 11.9. The van der Waals surface area contributed by atoms with Gasteiger partial charge >= 0.3 is 5.63 Å². The van der Waals surface area contributed by atoms with Gasteiger partial charge in [-0.05, 0) is 17.7 Å². The molecule has 3 aromatic rings. The monoisotopic (exact) mass is 360 g/mol. The van der Waals surface area contributed by atoms with Crippen molar-refractivity contribution in [1.29, 1.82) is 0 Å². The molecule has 4 nitrogen and oxygen atoms in total. The van der Waals surface area contributed by atoms with Crippen molar-refractivity contribution >= 4 is 26.9 Å². The van der Waals surface area contributed by atoms with Crippen LogP contribution in [0.15, 0.2) is 56.1 Å². The first-order valence-corrected chi connectivity index (χ1v) is 7.37. The number of rotatable bonds is 3. The van der Waals surface area contributed by atoms with Crippen LogP contribution in [0, 0.1) is 0 Å². The van der Waals surface area contributed by atoms with Crippen LogP contribution >= 0.6 is 15.9 Å². The van der Waals surface area contributed by atoms with E-state index in [1.54, 1.807) is 26.4 Å². The van der Waals surface area contributed by atoms with Crippen molar-refractivity contribution in [3.05, 3.63) is 57.4 Å². The van der Waals surface area contributed by atoms with Crippen LogP contribution in [0.1, 0.15) is 0 Å². The Hall–Kier alpha value is -2.27. The third-order valence-corrected chi connectivity index (χ3v) is 3.92. The number of benzene rings is 2. The molecule has 0 N–H and O–H groups in total. The number of halogens is 1. The lowest BCUT2D eigenvalue weighted by Crippen LogP contribution is -2.00. The van der Waals surface area contributed by atoms with E-state index in [1.807, 2.05) is 24.3 Å². The minimum atomic E-state index is -0.416. The minimum absolute atomic E-state index is 0.416. The van der Waals surface area contributed by atoms with Crippen LogP contribution in [-0.4, -0.2) is 14.2 Å². The van der Waals surface area contributed by atoms with Gasteiger partial charge in [0, 0.05) is 28.2 Å². The molecule has 0 fully saturated rings. The molecule has 1 aromatic heterocycles. The van der Waals surface area contributed by atoms with E-state index in [0.717, 1.165) is 21.0 Å². The maximum Gasteiger partial charge on any atom is 0.336 e. The lowest BCUT2D eigenvalue weighted by atomic mass is 10.0. The van der Waals surface area contributed by atoms with E-state index < -0.39 is 5.63 Å². The highest BCUT2D eigenvalue weighted by molar-refractivity contribution is 9.10. The molecule has 0 aliphatic heterocycles. The van der Waals surface area contributed by atoms with E-state index in [4.69, 9.17) is 13.9 Å². The van der Waals surface area contributed by atoms with Crippen molar-refractivity contribution in [2.75, 3.05) is 14.2 Å². The highest BCUT2D eigenvalue weighted by atomic mass is 79.9. The van der Waals surface area contributed by atoms with Gasteiger partial charge in [-0.3, -0.25) is 0 Å². The molecule has 0 saturated carbocycles. The van der Waals surface area contributed by atoms with E-state index in [-0.39, 0.29) is 0 Å². The summed E-state index contributed by atoms with van der Waals surface area (Å²) in [6.45, 7) is 0. The van der Waals surface area contributed by atoms with Gasteiger partial charge in [0.05, 0.1) is 19.6 Å². The molecule has 1 heterocycles. The molecule has 0 saturated heterocycles. The molecule has 0 unspecified atom stereocenters. The van der Waals surface area contributed by atoms with E-state index in [2.05, 4.69) is 15.9 Å². The van der Waals surface area contributed by atoms with E-state index in [9.17, 15) is 4.79 Å². The van der Waals surface area contributed by atoms with Crippen LogP contribution in [0.3, 0.4) is 0 Å². The van der Waals surface area contributed by atoms with Gasteiger partial charge < -0.3 is 13.9 Å². The highest BCUT2D eigenvalue weighted by Crippen LogP contribution is 2.37. The normalized spacial score (nSPS) is 10.7. The number of methoxy groups -OCH3 is 2. The molecule has 0 aliphatic carbocycles. The average Bonchev–Trinajstić information content (AvgIpc) is 2.53. The summed E-state index contributed by atoms with van der Waals surface area (Å²) in [6.07, 6.45) is 0. The van der Waals surface area contributed by atoms with Crippen molar-refractivity contribution in [3.63, 3.8) is 0 Å². The molecule has 112 valence electrons. The molecule has 0 bridgehead atoms. The van der Waals surface area contributed by atoms with E-state index in [1.165, 1.54) is 6.07 Å². The molecule has 0 atom stereocenters. The molecular formula is C17H13BrO4. The Kier molecular flexibility index (Phi) is 3.90. The first-order valence-electron chi connectivity index (χ1n) is 6.58. The van der Waals surface area contributed by atoms with Gasteiger partial charge in [0.1, 0.15) is 17.1 Å². The minimum Gasteiger partial charge on any atom is -0.496 e. The molecule has 0 spiro atoms. The quantitative estimate of drug-likeness (QED) is 0.655. The fourth-order valence-electron chi connectivity index (χ4n) is 2.38. The van der Waals surface area contributed by atoms with Gasteiger partial charge in [-0.25, -0.2) is 4.79 Å². The Balaban J connectivity index is 2.38. The van der Waals surface area contributed by atoms with Gasteiger partial charge in [-0.2, -0.15) is 0 Å². The summed E-state index contributed by atoms with van der Waals surface area (Å²) < 4.78 is 16.9. The Morgan fingerprint density at radius 3 is 2.36 bits per heavy atom. The zero-order chi connectivity index (χ0) is 15.7. The SMILES string of the molecule is COc1cc(OC)c2c(-c3ccc(Br)cc3)cc(=O)oc2c1. The van der Waals surface area contributed by atoms with Crippen LogP contribution in [0.25, 0.3) is 22.1 Å². The van der Waals surface area contributed by atoms with Crippen molar-refractivity contribution in [2.24, 2.45) is 0 Å². The van der Waals surface area contributed by atoms with Gasteiger partial charge in [-0.15, -0.1) is 0 Å². The third-order valence-electron chi connectivity index (χ3n) is 3.39. The van der Waals surface area contributed by atoms with Gasteiger partial charge in [-0.1, -0.05) is 28.1 Å². The molecule has 22 heavy (non-hydrogen) atoms.